The van der Waals surface area contributed by atoms with E-state index in [9.17, 15) is 9.59 Å². The van der Waals surface area contributed by atoms with Crippen molar-refractivity contribution in [3.8, 4) is 11.5 Å². The minimum atomic E-state index is -0.0521. The smallest absolute Gasteiger partial charge is 0.224 e. The molecule has 2 aromatic rings. The highest BCUT2D eigenvalue weighted by molar-refractivity contribution is 5.94. The van der Waals surface area contributed by atoms with Crippen molar-refractivity contribution in [2.75, 3.05) is 19.0 Å². The molecule has 0 saturated heterocycles. The number of Topliss-reactive ketones (excluding diaryl/α,β-unsaturated/α-hetero) is 1. The first-order valence-electron chi connectivity index (χ1n) is 7.77. The Labute approximate surface area is 141 Å². The topological polar surface area (TPSA) is 64.6 Å². The van der Waals surface area contributed by atoms with Gasteiger partial charge in [0.1, 0.15) is 0 Å². The second-order valence-corrected chi connectivity index (χ2v) is 5.29. The van der Waals surface area contributed by atoms with Gasteiger partial charge in [0.25, 0.3) is 0 Å². The van der Waals surface area contributed by atoms with Crippen molar-refractivity contribution in [3.05, 3.63) is 54.1 Å². The highest BCUT2D eigenvalue weighted by atomic mass is 16.5. The number of hydrogen-bond donors (Lipinski definition) is 1. The molecule has 126 valence electrons. The molecule has 0 radical (unpaired) electrons. The molecule has 5 heteroatoms. The lowest BCUT2D eigenvalue weighted by atomic mass is 10.1. The summed E-state index contributed by atoms with van der Waals surface area (Å²) in [5.41, 5.74) is 1.35. The van der Waals surface area contributed by atoms with Gasteiger partial charge in [-0.25, -0.2) is 0 Å². The Morgan fingerprint density at radius 1 is 1.04 bits per heavy atom. The van der Waals surface area contributed by atoms with Crippen LogP contribution in [0.15, 0.2) is 48.5 Å². The fourth-order valence-electron chi connectivity index (χ4n) is 2.17. The summed E-state index contributed by atoms with van der Waals surface area (Å²) in [6, 6.07) is 14.4. The molecule has 0 unspecified atom stereocenters. The molecule has 0 aliphatic heterocycles. The standard InChI is InChI=1S/C19H21NO4/c1-14(21)15-10-11-17(18(13-15)23-2)24-12-6-9-19(22)20-16-7-4-3-5-8-16/h3-5,7-8,10-11,13H,6,9,12H2,1-2H3,(H,20,22). The van der Waals surface area contributed by atoms with Crippen molar-refractivity contribution in [2.45, 2.75) is 19.8 Å². The number of ether oxygens (including phenoxy) is 2. The van der Waals surface area contributed by atoms with E-state index in [2.05, 4.69) is 5.32 Å². The summed E-state index contributed by atoms with van der Waals surface area (Å²) >= 11 is 0. The van der Waals surface area contributed by atoms with Gasteiger partial charge < -0.3 is 14.8 Å². The molecule has 2 aromatic carbocycles. The largest absolute Gasteiger partial charge is 0.493 e. The third kappa shape index (κ3) is 5.12. The molecule has 0 atom stereocenters. The number of hydrogen-bond acceptors (Lipinski definition) is 4. The first-order chi connectivity index (χ1) is 11.6. The predicted octanol–water partition coefficient (Wildman–Crippen LogP) is 3.70. The summed E-state index contributed by atoms with van der Waals surface area (Å²) < 4.78 is 10.9. The highest BCUT2D eigenvalue weighted by Crippen LogP contribution is 2.28. The van der Waals surface area contributed by atoms with Crippen molar-refractivity contribution in [1.82, 2.24) is 0 Å². The molecule has 0 bridgehead atoms. The lowest BCUT2D eigenvalue weighted by Crippen LogP contribution is -2.12. The second kappa shape index (κ2) is 8.72. The number of carbonyl (C=O) groups excluding carboxylic acids is 2. The third-order valence-electron chi connectivity index (χ3n) is 3.43. The van der Waals surface area contributed by atoms with Crippen LogP contribution < -0.4 is 14.8 Å². The molecule has 0 fully saturated rings. The summed E-state index contributed by atoms with van der Waals surface area (Å²) in [6.07, 6.45) is 0.943. The van der Waals surface area contributed by atoms with Gasteiger partial charge in [0, 0.05) is 17.7 Å². The lowest BCUT2D eigenvalue weighted by Gasteiger charge is -2.11. The maximum absolute atomic E-state index is 11.8. The van der Waals surface area contributed by atoms with E-state index in [1.54, 1.807) is 18.2 Å². The second-order valence-electron chi connectivity index (χ2n) is 5.29. The van der Waals surface area contributed by atoms with Gasteiger partial charge in [-0.15, -0.1) is 0 Å². The number of rotatable bonds is 8. The van der Waals surface area contributed by atoms with E-state index in [4.69, 9.17) is 9.47 Å². The van der Waals surface area contributed by atoms with Crippen LogP contribution in [0.4, 0.5) is 5.69 Å². The first kappa shape index (κ1) is 17.5. The zero-order valence-corrected chi connectivity index (χ0v) is 13.9. The van der Waals surface area contributed by atoms with Crippen LogP contribution >= 0.6 is 0 Å². The van der Waals surface area contributed by atoms with Gasteiger partial charge in [0.2, 0.25) is 5.91 Å². The summed E-state index contributed by atoms with van der Waals surface area (Å²) in [6.45, 7) is 1.89. The number of benzene rings is 2. The Morgan fingerprint density at radius 2 is 1.79 bits per heavy atom. The summed E-state index contributed by atoms with van der Waals surface area (Å²) in [5.74, 6) is 0.989. The molecular weight excluding hydrogens is 306 g/mol. The van der Waals surface area contributed by atoms with Gasteiger partial charge in [-0.3, -0.25) is 9.59 Å². The maximum Gasteiger partial charge on any atom is 0.224 e. The van der Waals surface area contributed by atoms with Crippen molar-refractivity contribution in [2.24, 2.45) is 0 Å². The lowest BCUT2D eigenvalue weighted by molar-refractivity contribution is -0.116. The quantitative estimate of drug-likeness (QED) is 0.593. The Bertz CT molecular complexity index is 698. The molecule has 5 nitrogen and oxygen atoms in total. The molecule has 24 heavy (non-hydrogen) atoms. The number of para-hydroxylation sites is 1. The van der Waals surface area contributed by atoms with Crippen molar-refractivity contribution in [3.63, 3.8) is 0 Å². The fraction of sp³-hybridized carbons (Fsp3) is 0.263. The van der Waals surface area contributed by atoms with Gasteiger partial charge >= 0.3 is 0 Å². The molecule has 1 amide bonds. The SMILES string of the molecule is COc1cc(C(C)=O)ccc1OCCCC(=O)Nc1ccccc1. The number of methoxy groups -OCH3 is 1. The molecule has 0 spiro atoms. The highest BCUT2D eigenvalue weighted by Gasteiger charge is 2.09. The first-order valence-corrected chi connectivity index (χ1v) is 7.77. The van der Waals surface area contributed by atoms with Crippen LogP contribution in [0, 0.1) is 0 Å². The van der Waals surface area contributed by atoms with E-state index >= 15 is 0 Å². The monoisotopic (exact) mass is 327 g/mol. The maximum atomic E-state index is 11.8. The Hall–Kier alpha value is -2.82. The number of amides is 1. The third-order valence-corrected chi connectivity index (χ3v) is 3.43. The van der Waals surface area contributed by atoms with Crippen molar-refractivity contribution >= 4 is 17.4 Å². The number of carbonyl (C=O) groups is 2. The molecule has 0 saturated carbocycles. The molecule has 2 rings (SSSR count). The molecular formula is C19H21NO4. The minimum Gasteiger partial charge on any atom is -0.493 e. The van der Waals surface area contributed by atoms with Crippen LogP contribution in [-0.4, -0.2) is 25.4 Å². The van der Waals surface area contributed by atoms with Crippen LogP contribution in [0.3, 0.4) is 0 Å². The fourth-order valence-corrected chi connectivity index (χ4v) is 2.17. The number of ketones is 1. The normalized spacial score (nSPS) is 10.1. The Morgan fingerprint density at radius 3 is 2.46 bits per heavy atom. The summed E-state index contributed by atoms with van der Waals surface area (Å²) in [5, 5.41) is 2.83. The van der Waals surface area contributed by atoms with E-state index in [-0.39, 0.29) is 11.7 Å². The van der Waals surface area contributed by atoms with Crippen molar-refractivity contribution in [1.29, 1.82) is 0 Å². The number of anilines is 1. The Balaban J connectivity index is 1.79. The molecule has 1 N–H and O–H groups in total. The number of nitrogens with one attached hydrogen (secondary N) is 1. The molecule has 0 heterocycles. The van der Waals surface area contributed by atoms with Gasteiger partial charge in [-0.1, -0.05) is 18.2 Å². The molecule has 0 aliphatic carbocycles. The van der Waals surface area contributed by atoms with Gasteiger partial charge in [-0.05, 0) is 43.7 Å². The average molecular weight is 327 g/mol. The van der Waals surface area contributed by atoms with Gasteiger partial charge in [-0.2, -0.15) is 0 Å². The van der Waals surface area contributed by atoms with E-state index in [0.717, 1.165) is 5.69 Å². The Kier molecular flexibility index (Phi) is 6.37. The van der Waals surface area contributed by atoms with Crippen LogP contribution in [0.1, 0.15) is 30.1 Å². The minimum absolute atomic E-state index is 0.0302. The van der Waals surface area contributed by atoms with Gasteiger partial charge in [0.05, 0.1) is 13.7 Å². The predicted molar refractivity (Wildman–Crippen MR) is 92.8 cm³/mol. The molecule has 0 aromatic heterocycles. The van der Waals surface area contributed by atoms with Gasteiger partial charge in [0.15, 0.2) is 17.3 Å². The van der Waals surface area contributed by atoms with Crippen LogP contribution in [-0.2, 0) is 4.79 Å². The van der Waals surface area contributed by atoms with Crippen LogP contribution in [0.25, 0.3) is 0 Å². The summed E-state index contributed by atoms with van der Waals surface area (Å²) in [4.78, 5) is 23.2. The molecule has 0 aliphatic rings. The average Bonchev–Trinajstić information content (AvgIpc) is 2.59. The zero-order valence-electron chi connectivity index (χ0n) is 13.9. The zero-order chi connectivity index (χ0) is 17.4. The summed E-state index contributed by atoms with van der Waals surface area (Å²) in [7, 11) is 1.53. The van der Waals surface area contributed by atoms with Crippen LogP contribution in [0.2, 0.25) is 0 Å². The van der Waals surface area contributed by atoms with Crippen molar-refractivity contribution < 1.29 is 19.1 Å². The van der Waals surface area contributed by atoms with E-state index < -0.39 is 0 Å². The van der Waals surface area contributed by atoms with Crippen LogP contribution in [0.5, 0.6) is 11.5 Å². The van der Waals surface area contributed by atoms with E-state index in [0.29, 0.717) is 36.5 Å². The van der Waals surface area contributed by atoms with E-state index in [1.807, 2.05) is 30.3 Å². The van der Waals surface area contributed by atoms with E-state index in [1.165, 1.54) is 14.0 Å².